The Balaban J connectivity index is 1.98. The van der Waals surface area contributed by atoms with E-state index in [9.17, 15) is 0 Å². The highest BCUT2D eigenvalue weighted by molar-refractivity contribution is 5.46. The first kappa shape index (κ1) is 13.2. The molecule has 3 rings (SSSR count). The number of hydrogen-bond donors (Lipinski definition) is 1. The molecule has 0 spiro atoms. The molecule has 2 aromatic rings. The Kier molecular flexibility index (Phi) is 3.49. The maximum Gasteiger partial charge on any atom is 0.210 e. The van der Waals surface area contributed by atoms with E-state index in [-0.39, 0.29) is 0 Å². The number of benzene rings is 1. The molecule has 1 saturated heterocycles. The maximum atomic E-state index is 6.07. The van der Waals surface area contributed by atoms with E-state index in [0.717, 1.165) is 36.7 Å². The molecular weight excluding hydrogens is 248 g/mol. The van der Waals surface area contributed by atoms with E-state index in [1.165, 1.54) is 0 Å². The quantitative estimate of drug-likeness (QED) is 0.912. The van der Waals surface area contributed by atoms with Gasteiger partial charge in [-0.1, -0.05) is 18.2 Å². The number of nitrogens with two attached hydrogens (primary N) is 1. The summed E-state index contributed by atoms with van der Waals surface area (Å²) in [7, 11) is 0. The molecule has 20 heavy (non-hydrogen) atoms. The summed E-state index contributed by atoms with van der Waals surface area (Å²) in [6.07, 6.45) is 4.16. The van der Waals surface area contributed by atoms with Crippen molar-refractivity contribution in [3.63, 3.8) is 0 Å². The minimum atomic E-state index is 0.322. The highest BCUT2D eigenvalue weighted by Gasteiger charge is 2.26. The van der Waals surface area contributed by atoms with Gasteiger partial charge in [-0.2, -0.15) is 0 Å². The topological polar surface area (TPSA) is 47.1 Å². The molecule has 2 unspecified atom stereocenters. The van der Waals surface area contributed by atoms with E-state index >= 15 is 0 Å². The highest BCUT2D eigenvalue weighted by Crippen LogP contribution is 2.26. The summed E-state index contributed by atoms with van der Waals surface area (Å²) in [6, 6.07) is 11.1. The van der Waals surface area contributed by atoms with E-state index in [2.05, 4.69) is 46.9 Å². The van der Waals surface area contributed by atoms with Crippen molar-refractivity contribution in [3.05, 3.63) is 42.2 Å². The predicted octanol–water partition coefficient (Wildman–Crippen LogP) is 2.50. The van der Waals surface area contributed by atoms with Gasteiger partial charge in [-0.05, 0) is 38.8 Å². The van der Waals surface area contributed by atoms with E-state index in [4.69, 9.17) is 10.7 Å². The van der Waals surface area contributed by atoms with E-state index < -0.39 is 0 Å². The van der Waals surface area contributed by atoms with Crippen LogP contribution in [0.3, 0.4) is 0 Å². The van der Waals surface area contributed by atoms with Crippen molar-refractivity contribution in [1.29, 1.82) is 0 Å². The molecule has 0 amide bonds. The van der Waals surface area contributed by atoms with Crippen LogP contribution in [0.4, 0.5) is 5.95 Å². The Morgan fingerprint density at radius 3 is 2.70 bits per heavy atom. The molecule has 0 aliphatic carbocycles. The Morgan fingerprint density at radius 1 is 1.25 bits per heavy atom. The fourth-order valence-corrected chi connectivity index (χ4v) is 2.97. The second-order valence-electron chi connectivity index (χ2n) is 5.71. The molecule has 4 nitrogen and oxygen atoms in total. The second kappa shape index (κ2) is 5.29. The zero-order valence-corrected chi connectivity index (χ0v) is 12.2. The van der Waals surface area contributed by atoms with E-state index in [1.54, 1.807) is 0 Å². The zero-order chi connectivity index (χ0) is 14.1. The molecule has 1 fully saturated rings. The van der Waals surface area contributed by atoms with Gasteiger partial charge in [0.15, 0.2) is 0 Å². The molecule has 1 aliphatic rings. The molecule has 0 saturated carbocycles. The number of imidazole rings is 1. The highest BCUT2D eigenvalue weighted by atomic mass is 15.3. The molecule has 2 N–H and O–H groups in total. The first-order chi connectivity index (χ1) is 9.65. The number of piperidine rings is 1. The van der Waals surface area contributed by atoms with Crippen LogP contribution in [0.1, 0.15) is 25.5 Å². The third-order valence-electron chi connectivity index (χ3n) is 4.02. The molecule has 2 heterocycles. The van der Waals surface area contributed by atoms with Gasteiger partial charge in [0.1, 0.15) is 0 Å². The lowest BCUT2D eigenvalue weighted by Gasteiger charge is -2.37. The number of rotatable bonds is 2. The number of aromatic nitrogens is 2. The summed E-state index contributed by atoms with van der Waals surface area (Å²) < 4.78 is 2.18. The lowest BCUT2D eigenvalue weighted by molar-refractivity contribution is 0.423. The summed E-state index contributed by atoms with van der Waals surface area (Å²) in [5.74, 6) is 1.04. The van der Waals surface area contributed by atoms with Gasteiger partial charge < -0.3 is 10.6 Å². The van der Waals surface area contributed by atoms with Gasteiger partial charge in [0.2, 0.25) is 5.95 Å². The minimum absolute atomic E-state index is 0.322. The molecule has 2 atom stereocenters. The number of nitrogens with zero attached hydrogens (tertiary/aromatic N) is 3. The van der Waals surface area contributed by atoms with Crippen molar-refractivity contribution in [1.82, 2.24) is 9.55 Å². The van der Waals surface area contributed by atoms with Crippen LogP contribution in [-0.4, -0.2) is 28.2 Å². The van der Waals surface area contributed by atoms with Crippen molar-refractivity contribution >= 4 is 5.95 Å². The molecule has 106 valence electrons. The van der Waals surface area contributed by atoms with Gasteiger partial charge in [0.25, 0.3) is 0 Å². The van der Waals surface area contributed by atoms with Gasteiger partial charge in [-0.3, -0.25) is 4.57 Å². The lowest BCUT2D eigenvalue weighted by Crippen LogP contribution is -2.46. The monoisotopic (exact) mass is 270 g/mol. The van der Waals surface area contributed by atoms with Crippen molar-refractivity contribution in [2.24, 2.45) is 5.73 Å². The number of para-hydroxylation sites is 1. The standard InChI is InChI=1S/C16H22N4/c1-12-11-20(15-6-4-3-5-7-15)16(18-12)19-9-8-14(17)10-13(19)2/h3-7,11,13-14H,8-10,17H2,1-2H3. The van der Waals surface area contributed by atoms with Gasteiger partial charge in [-0.25, -0.2) is 4.98 Å². The summed E-state index contributed by atoms with van der Waals surface area (Å²) in [4.78, 5) is 7.11. The summed E-state index contributed by atoms with van der Waals surface area (Å²) in [5, 5.41) is 0. The smallest absolute Gasteiger partial charge is 0.210 e. The van der Waals surface area contributed by atoms with Crippen molar-refractivity contribution < 1.29 is 0 Å². The Bertz CT molecular complexity index is 575. The Labute approximate surface area is 120 Å². The van der Waals surface area contributed by atoms with Crippen molar-refractivity contribution in [2.45, 2.75) is 38.8 Å². The largest absolute Gasteiger partial charge is 0.339 e. The average molecular weight is 270 g/mol. The average Bonchev–Trinajstić information content (AvgIpc) is 2.81. The SMILES string of the molecule is Cc1cn(-c2ccccc2)c(N2CCC(N)CC2C)n1. The van der Waals surface area contributed by atoms with Crippen LogP contribution >= 0.6 is 0 Å². The summed E-state index contributed by atoms with van der Waals surface area (Å²) in [5.41, 5.74) is 8.27. The van der Waals surface area contributed by atoms with E-state index in [0.29, 0.717) is 12.1 Å². The first-order valence-corrected chi connectivity index (χ1v) is 7.29. The number of anilines is 1. The normalized spacial score (nSPS) is 23.1. The molecule has 4 heteroatoms. The van der Waals surface area contributed by atoms with Crippen LogP contribution < -0.4 is 10.6 Å². The molecule has 1 aromatic heterocycles. The van der Waals surface area contributed by atoms with Crippen LogP contribution in [0, 0.1) is 6.92 Å². The van der Waals surface area contributed by atoms with Gasteiger partial charge in [0, 0.05) is 30.5 Å². The predicted molar refractivity (Wildman–Crippen MR) is 82.3 cm³/mol. The fraction of sp³-hybridized carbons (Fsp3) is 0.438. The van der Waals surface area contributed by atoms with Crippen LogP contribution in [0.5, 0.6) is 0 Å². The van der Waals surface area contributed by atoms with Gasteiger partial charge in [-0.15, -0.1) is 0 Å². The van der Waals surface area contributed by atoms with Gasteiger partial charge >= 0.3 is 0 Å². The second-order valence-corrected chi connectivity index (χ2v) is 5.71. The van der Waals surface area contributed by atoms with Crippen molar-refractivity contribution in [2.75, 3.05) is 11.4 Å². The molecule has 0 radical (unpaired) electrons. The molecule has 1 aromatic carbocycles. The van der Waals surface area contributed by atoms with E-state index in [1.807, 2.05) is 13.0 Å². The third-order valence-corrected chi connectivity index (χ3v) is 4.02. The maximum absolute atomic E-state index is 6.07. The lowest BCUT2D eigenvalue weighted by atomic mass is 10.00. The zero-order valence-electron chi connectivity index (χ0n) is 12.2. The molecular formula is C16H22N4. The minimum Gasteiger partial charge on any atom is -0.339 e. The first-order valence-electron chi connectivity index (χ1n) is 7.29. The van der Waals surface area contributed by atoms with Crippen LogP contribution in [0.2, 0.25) is 0 Å². The third kappa shape index (κ3) is 2.43. The van der Waals surface area contributed by atoms with Crippen molar-refractivity contribution in [3.8, 4) is 5.69 Å². The van der Waals surface area contributed by atoms with Crippen LogP contribution in [-0.2, 0) is 0 Å². The molecule has 0 bridgehead atoms. The van der Waals surface area contributed by atoms with Crippen LogP contribution in [0.25, 0.3) is 5.69 Å². The number of hydrogen-bond acceptors (Lipinski definition) is 3. The fourth-order valence-electron chi connectivity index (χ4n) is 2.97. The molecule has 1 aliphatic heterocycles. The van der Waals surface area contributed by atoms with Crippen LogP contribution in [0.15, 0.2) is 36.5 Å². The summed E-state index contributed by atoms with van der Waals surface area (Å²) in [6.45, 7) is 5.26. The number of aryl methyl sites for hydroxylation is 1. The Hall–Kier alpha value is -1.81. The van der Waals surface area contributed by atoms with Gasteiger partial charge in [0.05, 0.1) is 5.69 Å². The Morgan fingerprint density at radius 2 is 2.00 bits per heavy atom. The summed E-state index contributed by atoms with van der Waals surface area (Å²) >= 11 is 0.